The molecule has 0 aromatic rings. The van der Waals surface area contributed by atoms with E-state index >= 15 is 0 Å². The SMILES string of the molecule is CC1CCCC(CN(CC2CCCNC2)C(C)C)C1. The zero-order chi connectivity index (χ0) is 13.7. The van der Waals surface area contributed by atoms with Crippen molar-refractivity contribution in [2.75, 3.05) is 26.2 Å². The lowest BCUT2D eigenvalue weighted by Gasteiger charge is -2.37. The van der Waals surface area contributed by atoms with Crippen LogP contribution in [-0.2, 0) is 0 Å². The van der Waals surface area contributed by atoms with Gasteiger partial charge in [-0.3, -0.25) is 0 Å². The Morgan fingerprint density at radius 1 is 1.05 bits per heavy atom. The molecule has 0 spiro atoms. The quantitative estimate of drug-likeness (QED) is 0.819. The summed E-state index contributed by atoms with van der Waals surface area (Å²) in [6.07, 6.45) is 8.66. The molecule has 112 valence electrons. The fraction of sp³-hybridized carbons (Fsp3) is 1.00. The monoisotopic (exact) mass is 266 g/mol. The van der Waals surface area contributed by atoms with Gasteiger partial charge in [-0.25, -0.2) is 0 Å². The van der Waals surface area contributed by atoms with Crippen LogP contribution in [0.5, 0.6) is 0 Å². The van der Waals surface area contributed by atoms with E-state index in [4.69, 9.17) is 0 Å². The smallest absolute Gasteiger partial charge is 0.00388 e. The van der Waals surface area contributed by atoms with Crippen molar-refractivity contribution in [1.82, 2.24) is 10.2 Å². The first-order chi connectivity index (χ1) is 9.15. The van der Waals surface area contributed by atoms with Crippen LogP contribution in [0.4, 0.5) is 0 Å². The molecule has 1 saturated heterocycles. The fourth-order valence-corrected chi connectivity index (χ4v) is 3.96. The van der Waals surface area contributed by atoms with E-state index in [0.29, 0.717) is 6.04 Å². The third kappa shape index (κ3) is 5.07. The van der Waals surface area contributed by atoms with Gasteiger partial charge in [-0.2, -0.15) is 0 Å². The molecule has 0 radical (unpaired) electrons. The highest BCUT2D eigenvalue weighted by atomic mass is 15.2. The number of piperidine rings is 1. The van der Waals surface area contributed by atoms with Crippen LogP contribution < -0.4 is 5.32 Å². The van der Waals surface area contributed by atoms with Crippen LogP contribution in [-0.4, -0.2) is 37.1 Å². The zero-order valence-corrected chi connectivity index (χ0v) is 13.3. The molecule has 2 aliphatic rings. The summed E-state index contributed by atoms with van der Waals surface area (Å²) in [4.78, 5) is 2.76. The first-order valence-electron chi connectivity index (χ1n) is 8.60. The van der Waals surface area contributed by atoms with Gasteiger partial charge < -0.3 is 10.2 Å². The maximum Gasteiger partial charge on any atom is 0.00388 e. The summed E-state index contributed by atoms with van der Waals surface area (Å²) in [7, 11) is 0. The highest BCUT2D eigenvalue weighted by Gasteiger charge is 2.24. The van der Waals surface area contributed by atoms with E-state index in [1.807, 2.05) is 0 Å². The van der Waals surface area contributed by atoms with Gasteiger partial charge in [0.1, 0.15) is 0 Å². The van der Waals surface area contributed by atoms with Gasteiger partial charge in [0, 0.05) is 19.1 Å². The lowest BCUT2D eigenvalue weighted by molar-refractivity contribution is 0.124. The van der Waals surface area contributed by atoms with E-state index in [2.05, 4.69) is 31.0 Å². The zero-order valence-electron chi connectivity index (χ0n) is 13.3. The van der Waals surface area contributed by atoms with Crippen LogP contribution in [0.3, 0.4) is 0 Å². The summed E-state index contributed by atoms with van der Waals surface area (Å²) in [5.74, 6) is 2.81. The van der Waals surface area contributed by atoms with Gasteiger partial charge in [0.25, 0.3) is 0 Å². The fourth-order valence-electron chi connectivity index (χ4n) is 3.96. The topological polar surface area (TPSA) is 15.3 Å². The van der Waals surface area contributed by atoms with E-state index in [9.17, 15) is 0 Å². The summed E-state index contributed by atoms with van der Waals surface area (Å²) in [5, 5.41) is 3.56. The lowest BCUT2D eigenvalue weighted by atomic mass is 9.82. The molecule has 0 amide bonds. The molecule has 1 aliphatic heterocycles. The van der Waals surface area contributed by atoms with Crippen LogP contribution in [0.15, 0.2) is 0 Å². The summed E-state index contributed by atoms with van der Waals surface area (Å²) in [6.45, 7) is 12.3. The highest BCUT2D eigenvalue weighted by molar-refractivity contribution is 4.79. The third-order valence-corrected chi connectivity index (χ3v) is 5.16. The van der Waals surface area contributed by atoms with E-state index in [0.717, 1.165) is 17.8 Å². The van der Waals surface area contributed by atoms with Crippen molar-refractivity contribution in [3.05, 3.63) is 0 Å². The van der Waals surface area contributed by atoms with Crippen molar-refractivity contribution < 1.29 is 0 Å². The molecule has 2 fully saturated rings. The highest BCUT2D eigenvalue weighted by Crippen LogP contribution is 2.29. The molecule has 1 N–H and O–H groups in total. The molecule has 0 bridgehead atoms. The van der Waals surface area contributed by atoms with Crippen molar-refractivity contribution in [2.24, 2.45) is 17.8 Å². The summed E-state index contributed by atoms with van der Waals surface area (Å²) in [6, 6.07) is 0.708. The Balaban J connectivity index is 1.81. The number of nitrogens with one attached hydrogen (secondary N) is 1. The first-order valence-corrected chi connectivity index (χ1v) is 8.60. The second-order valence-electron chi connectivity index (χ2n) is 7.40. The van der Waals surface area contributed by atoms with E-state index < -0.39 is 0 Å². The average molecular weight is 266 g/mol. The molecule has 3 unspecified atom stereocenters. The molecule has 19 heavy (non-hydrogen) atoms. The molecular weight excluding hydrogens is 232 g/mol. The Morgan fingerprint density at radius 3 is 2.42 bits per heavy atom. The summed E-state index contributed by atoms with van der Waals surface area (Å²) < 4.78 is 0. The van der Waals surface area contributed by atoms with E-state index in [1.54, 1.807) is 0 Å². The molecule has 2 nitrogen and oxygen atoms in total. The largest absolute Gasteiger partial charge is 0.316 e. The maximum absolute atomic E-state index is 3.56. The lowest BCUT2D eigenvalue weighted by Crippen LogP contribution is -2.43. The van der Waals surface area contributed by atoms with Gasteiger partial charge in [-0.05, 0) is 70.4 Å². The van der Waals surface area contributed by atoms with Crippen LogP contribution in [0.25, 0.3) is 0 Å². The van der Waals surface area contributed by atoms with Gasteiger partial charge in [0.05, 0.1) is 0 Å². The Morgan fingerprint density at radius 2 is 1.79 bits per heavy atom. The van der Waals surface area contributed by atoms with Gasteiger partial charge in [-0.1, -0.05) is 19.8 Å². The minimum Gasteiger partial charge on any atom is -0.316 e. The minimum atomic E-state index is 0.708. The van der Waals surface area contributed by atoms with Crippen LogP contribution in [0.1, 0.15) is 59.3 Å². The van der Waals surface area contributed by atoms with E-state index in [-0.39, 0.29) is 0 Å². The average Bonchev–Trinajstić information content (AvgIpc) is 2.39. The van der Waals surface area contributed by atoms with Gasteiger partial charge in [0.15, 0.2) is 0 Å². The Bertz CT molecular complexity index is 246. The molecule has 2 rings (SSSR count). The van der Waals surface area contributed by atoms with Crippen molar-refractivity contribution in [3.8, 4) is 0 Å². The molecule has 1 saturated carbocycles. The van der Waals surface area contributed by atoms with Gasteiger partial charge in [-0.15, -0.1) is 0 Å². The molecule has 0 aromatic carbocycles. The third-order valence-electron chi connectivity index (χ3n) is 5.16. The minimum absolute atomic E-state index is 0.708. The van der Waals surface area contributed by atoms with E-state index in [1.165, 1.54) is 64.7 Å². The number of rotatable bonds is 5. The molecule has 3 atom stereocenters. The van der Waals surface area contributed by atoms with Crippen LogP contribution >= 0.6 is 0 Å². The predicted molar refractivity (Wildman–Crippen MR) is 83.4 cm³/mol. The second-order valence-corrected chi connectivity index (χ2v) is 7.40. The molecule has 1 heterocycles. The van der Waals surface area contributed by atoms with Crippen molar-refractivity contribution in [2.45, 2.75) is 65.3 Å². The normalized spacial score (nSPS) is 33.0. The standard InChI is InChI=1S/C17H34N2/c1-14(2)19(13-17-8-5-9-18-11-17)12-16-7-4-6-15(3)10-16/h14-18H,4-13H2,1-3H3. The Hall–Kier alpha value is -0.0800. The predicted octanol–water partition coefficient (Wildman–Crippen LogP) is 3.52. The van der Waals surface area contributed by atoms with Crippen molar-refractivity contribution in [3.63, 3.8) is 0 Å². The Kier molecular flexibility index (Phi) is 6.15. The number of nitrogens with zero attached hydrogens (tertiary/aromatic N) is 1. The van der Waals surface area contributed by atoms with Crippen LogP contribution in [0, 0.1) is 17.8 Å². The van der Waals surface area contributed by atoms with Crippen molar-refractivity contribution >= 4 is 0 Å². The number of hydrogen-bond acceptors (Lipinski definition) is 2. The molecular formula is C17H34N2. The Labute approximate surface area is 120 Å². The first kappa shape index (κ1) is 15.3. The molecule has 0 aromatic heterocycles. The maximum atomic E-state index is 3.56. The number of hydrogen-bond donors (Lipinski definition) is 1. The van der Waals surface area contributed by atoms with Crippen LogP contribution in [0.2, 0.25) is 0 Å². The molecule has 1 aliphatic carbocycles. The second kappa shape index (κ2) is 7.64. The summed E-state index contributed by atoms with van der Waals surface area (Å²) in [5.41, 5.74) is 0. The van der Waals surface area contributed by atoms with Gasteiger partial charge in [0.2, 0.25) is 0 Å². The summed E-state index contributed by atoms with van der Waals surface area (Å²) >= 11 is 0. The van der Waals surface area contributed by atoms with Gasteiger partial charge >= 0.3 is 0 Å². The van der Waals surface area contributed by atoms with Crippen molar-refractivity contribution in [1.29, 1.82) is 0 Å². The molecule has 2 heteroatoms.